The molecule has 0 aliphatic heterocycles. The Labute approximate surface area is 141 Å². The molecule has 5 nitrogen and oxygen atoms in total. The second kappa shape index (κ2) is 7.11. The Morgan fingerprint density at radius 2 is 2.08 bits per heavy atom. The lowest BCUT2D eigenvalue weighted by Gasteiger charge is -2.30. The van der Waals surface area contributed by atoms with Gasteiger partial charge in [-0.1, -0.05) is 31.0 Å². The van der Waals surface area contributed by atoms with E-state index < -0.39 is 0 Å². The fourth-order valence-corrected chi connectivity index (χ4v) is 3.60. The van der Waals surface area contributed by atoms with Crippen LogP contribution in [0.25, 0.3) is 0 Å². The van der Waals surface area contributed by atoms with Gasteiger partial charge >= 0.3 is 0 Å². The Balaban J connectivity index is 1.61. The van der Waals surface area contributed by atoms with E-state index in [-0.39, 0.29) is 17.1 Å². The van der Waals surface area contributed by atoms with Crippen molar-refractivity contribution in [2.24, 2.45) is 7.05 Å². The van der Waals surface area contributed by atoms with Gasteiger partial charge in [0.2, 0.25) is 5.91 Å². The number of carbonyl (C=O) groups is 1. The van der Waals surface area contributed by atoms with Gasteiger partial charge in [-0.05, 0) is 24.5 Å². The normalized spacial score (nSPS) is 16.2. The lowest BCUT2D eigenvalue weighted by Crippen LogP contribution is -2.39. The van der Waals surface area contributed by atoms with E-state index in [4.69, 9.17) is 0 Å². The van der Waals surface area contributed by atoms with Gasteiger partial charge in [-0.25, -0.2) is 4.39 Å². The van der Waals surface area contributed by atoms with Gasteiger partial charge in [0.05, 0.1) is 0 Å². The monoisotopic (exact) mass is 330 g/mol. The fraction of sp³-hybridized carbons (Fsp3) is 0.500. The van der Waals surface area contributed by atoms with E-state index in [0.717, 1.165) is 37.1 Å². The Morgan fingerprint density at radius 1 is 1.33 bits per heavy atom. The van der Waals surface area contributed by atoms with Crippen molar-refractivity contribution in [3.63, 3.8) is 0 Å². The molecule has 1 amide bonds. The fourth-order valence-electron chi connectivity index (χ4n) is 3.60. The predicted octanol–water partition coefficient (Wildman–Crippen LogP) is 2.52. The van der Waals surface area contributed by atoms with Crippen LogP contribution in [-0.2, 0) is 23.7 Å². The zero-order valence-electron chi connectivity index (χ0n) is 14.0. The van der Waals surface area contributed by atoms with Crippen LogP contribution < -0.4 is 5.32 Å². The Morgan fingerprint density at radius 3 is 2.75 bits per heavy atom. The van der Waals surface area contributed by atoms with Crippen molar-refractivity contribution in [2.75, 3.05) is 6.54 Å². The minimum atomic E-state index is -0.272. The molecule has 0 radical (unpaired) electrons. The highest BCUT2D eigenvalue weighted by Gasteiger charge is 2.37. The van der Waals surface area contributed by atoms with E-state index in [9.17, 15) is 9.18 Å². The van der Waals surface area contributed by atoms with E-state index in [1.54, 1.807) is 12.4 Å². The Hall–Kier alpha value is -2.24. The molecule has 1 aromatic heterocycles. The number of halogens is 1. The standard InChI is InChI=1S/C18H23FN4O/c1-23-13-21-22-16(23)8-9-17(24)20-12-18(10-4-5-11-18)14-6-2-3-7-15(14)19/h2-3,6-7,13H,4-5,8-12H2,1H3,(H,20,24). The maximum absolute atomic E-state index is 14.3. The second-order valence-corrected chi connectivity index (χ2v) is 6.60. The Bertz CT molecular complexity index is 707. The van der Waals surface area contributed by atoms with Gasteiger partial charge in [-0.2, -0.15) is 0 Å². The number of hydrogen-bond donors (Lipinski definition) is 1. The third-order valence-electron chi connectivity index (χ3n) is 5.01. The quantitative estimate of drug-likeness (QED) is 0.885. The Kier molecular flexibility index (Phi) is 4.92. The van der Waals surface area contributed by atoms with Crippen molar-refractivity contribution >= 4 is 5.91 Å². The van der Waals surface area contributed by atoms with Crippen LogP contribution in [0.15, 0.2) is 30.6 Å². The van der Waals surface area contributed by atoms with Crippen LogP contribution in [0.5, 0.6) is 0 Å². The van der Waals surface area contributed by atoms with Crippen LogP contribution in [0.4, 0.5) is 4.39 Å². The molecule has 0 atom stereocenters. The first-order valence-corrected chi connectivity index (χ1v) is 8.45. The van der Waals surface area contributed by atoms with Crippen molar-refractivity contribution in [3.05, 3.63) is 47.8 Å². The molecule has 0 unspecified atom stereocenters. The van der Waals surface area contributed by atoms with Crippen LogP contribution in [0, 0.1) is 5.82 Å². The van der Waals surface area contributed by atoms with Crippen LogP contribution in [0.1, 0.15) is 43.5 Å². The number of nitrogens with zero attached hydrogens (tertiary/aromatic N) is 3. The summed E-state index contributed by atoms with van der Waals surface area (Å²) in [5, 5.41) is 10.8. The molecular weight excluding hydrogens is 307 g/mol. The smallest absolute Gasteiger partial charge is 0.220 e. The van der Waals surface area contributed by atoms with E-state index in [1.807, 2.05) is 23.7 Å². The molecule has 128 valence electrons. The molecule has 1 saturated carbocycles. The molecule has 1 aliphatic carbocycles. The molecule has 0 bridgehead atoms. The van der Waals surface area contributed by atoms with Gasteiger partial charge in [0, 0.05) is 31.8 Å². The summed E-state index contributed by atoms with van der Waals surface area (Å²) in [5.41, 5.74) is 0.460. The summed E-state index contributed by atoms with van der Waals surface area (Å²) in [7, 11) is 1.86. The largest absolute Gasteiger partial charge is 0.355 e. The molecule has 2 aromatic rings. The average Bonchev–Trinajstić information content (AvgIpc) is 3.21. The summed E-state index contributed by atoms with van der Waals surface area (Å²) < 4.78 is 16.1. The highest BCUT2D eigenvalue weighted by Crippen LogP contribution is 2.41. The van der Waals surface area contributed by atoms with Crippen molar-refractivity contribution in [2.45, 2.75) is 43.9 Å². The molecule has 6 heteroatoms. The van der Waals surface area contributed by atoms with E-state index in [2.05, 4.69) is 15.5 Å². The molecule has 1 heterocycles. The molecule has 1 fully saturated rings. The van der Waals surface area contributed by atoms with Crippen LogP contribution in [0.2, 0.25) is 0 Å². The zero-order chi connectivity index (χ0) is 17.0. The first-order chi connectivity index (χ1) is 11.6. The summed E-state index contributed by atoms with van der Waals surface area (Å²) in [6.07, 6.45) is 6.51. The second-order valence-electron chi connectivity index (χ2n) is 6.60. The highest BCUT2D eigenvalue weighted by molar-refractivity contribution is 5.76. The number of benzene rings is 1. The topological polar surface area (TPSA) is 59.8 Å². The van der Waals surface area contributed by atoms with Crippen LogP contribution in [0.3, 0.4) is 0 Å². The minimum Gasteiger partial charge on any atom is -0.355 e. The zero-order valence-corrected chi connectivity index (χ0v) is 14.0. The number of rotatable bonds is 6. The summed E-state index contributed by atoms with van der Waals surface area (Å²) in [6, 6.07) is 6.94. The molecular formula is C18H23FN4O. The lowest BCUT2D eigenvalue weighted by atomic mass is 9.78. The first-order valence-electron chi connectivity index (χ1n) is 8.45. The van der Waals surface area contributed by atoms with Gasteiger partial charge < -0.3 is 9.88 Å². The summed E-state index contributed by atoms with van der Waals surface area (Å²) in [5.74, 6) is 0.586. The molecule has 3 rings (SSSR count). The number of amides is 1. The van der Waals surface area contributed by atoms with Crippen LogP contribution >= 0.6 is 0 Å². The van der Waals surface area contributed by atoms with E-state index in [1.165, 1.54) is 6.07 Å². The number of hydrogen-bond acceptors (Lipinski definition) is 3. The van der Waals surface area contributed by atoms with Gasteiger partial charge in [0.25, 0.3) is 0 Å². The summed E-state index contributed by atoms with van der Waals surface area (Å²) >= 11 is 0. The number of aromatic nitrogens is 3. The number of carbonyl (C=O) groups excluding carboxylic acids is 1. The van der Waals surface area contributed by atoms with Gasteiger partial charge in [0.1, 0.15) is 18.0 Å². The molecule has 1 aliphatic rings. The summed E-state index contributed by atoms with van der Waals surface area (Å²) in [6.45, 7) is 0.492. The summed E-state index contributed by atoms with van der Waals surface area (Å²) in [4.78, 5) is 12.2. The molecule has 1 N–H and O–H groups in total. The number of aryl methyl sites for hydroxylation is 2. The molecule has 24 heavy (non-hydrogen) atoms. The SMILES string of the molecule is Cn1cnnc1CCC(=O)NCC1(c2ccccc2F)CCCC1. The maximum Gasteiger partial charge on any atom is 0.220 e. The molecule has 0 spiro atoms. The minimum absolute atomic E-state index is 0.0272. The van der Waals surface area contributed by atoms with Crippen molar-refractivity contribution in [3.8, 4) is 0 Å². The average molecular weight is 330 g/mol. The lowest BCUT2D eigenvalue weighted by molar-refractivity contribution is -0.121. The number of nitrogens with one attached hydrogen (secondary N) is 1. The maximum atomic E-state index is 14.3. The van der Waals surface area contributed by atoms with E-state index >= 15 is 0 Å². The molecule has 0 saturated heterocycles. The first kappa shape index (κ1) is 16.6. The van der Waals surface area contributed by atoms with Crippen molar-refractivity contribution in [1.82, 2.24) is 20.1 Å². The van der Waals surface area contributed by atoms with Gasteiger partial charge in [0.15, 0.2) is 0 Å². The highest BCUT2D eigenvalue weighted by atomic mass is 19.1. The van der Waals surface area contributed by atoms with Crippen LogP contribution in [-0.4, -0.2) is 27.2 Å². The predicted molar refractivity (Wildman–Crippen MR) is 88.9 cm³/mol. The third-order valence-corrected chi connectivity index (χ3v) is 5.01. The van der Waals surface area contributed by atoms with E-state index in [0.29, 0.717) is 19.4 Å². The van der Waals surface area contributed by atoms with Crippen molar-refractivity contribution < 1.29 is 9.18 Å². The third kappa shape index (κ3) is 3.47. The van der Waals surface area contributed by atoms with Gasteiger partial charge in [-0.3, -0.25) is 4.79 Å². The van der Waals surface area contributed by atoms with Crippen molar-refractivity contribution in [1.29, 1.82) is 0 Å². The van der Waals surface area contributed by atoms with Gasteiger partial charge in [-0.15, -0.1) is 10.2 Å². The molecule has 1 aromatic carbocycles.